The van der Waals surface area contributed by atoms with Gasteiger partial charge in [-0.15, -0.1) is 0 Å². The topological polar surface area (TPSA) is 116 Å². The standard InChI is InChI=1S/C12H13N5O3/c1-6-3-12(2,20-10(6)19)4-17-9(18)7-8(15-5-14-7)16-11(17)13/h5H,1,3-4H2,2H3,(H2,13,16)(H,14,15)/t12-/m0/s1. The second-order valence-corrected chi connectivity index (χ2v) is 5.08. The molecule has 104 valence electrons. The summed E-state index contributed by atoms with van der Waals surface area (Å²) in [6.07, 6.45) is 1.72. The zero-order valence-electron chi connectivity index (χ0n) is 10.8. The van der Waals surface area contributed by atoms with Gasteiger partial charge in [0.15, 0.2) is 11.2 Å². The lowest BCUT2D eigenvalue weighted by Crippen LogP contribution is -2.37. The maximum Gasteiger partial charge on any atom is 0.334 e. The van der Waals surface area contributed by atoms with E-state index in [1.54, 1.807) is 6.92 Å². The third-order valence-electron chi connectivity index (χ3n) is 3.28. The van der Waals surface area contributed by atoms with Crippen molar-refractivity contribution in [2.45, 2.75) is 25.5 Å². The minimum Gasteiger partial charge on any atom is -0.454 e. The van der Waals surface area contributed by atoms with Gasteiger partial charge in [0, 0.05) is 12.0 Å². The van der Waals surface area contributed by atoms with E-state index in [1.165, 1.54) is 10.9 Å². The Morgan fingerprint density at radius 2 is 2.35 bits per heavy atom. The van der Waals surface area contributed by atoms with E-state index in [0.29, 0.717) is 12.0 Å². The van der Waals surface area contributed by atoms with Crippen molar-refractivity contribution in [2.75, 3.05) is 5.73 Å². The van der Waals surface area contributed by atoms with Crippen molar-refractivity contribution in [1.82, 2.24) is 19.5 Å². The zero-order valence-corrected chi connectivity index (χ0v) is 10.8. The number of hydrogen-bond acceptors (Lipinski definition) is 6. The summed E-state index contributed by atoms with van der Waals surface area (Å²) in [5.74, 6) is -0.418. The predicted molar refractivity (Wildman–Crippen MR) is 70.8 cm³/mol. The number of anilines is 1. The molecule has 0 spiro atoms. The van der Waals surface area contributed by atoms with Crippen molar-refractivity contribution in [3.05, 3.63) is 28.8 Å². The van der Waals surface area contributed by atoms with E-state index in [1.807, 2.05) is 0 Å². The number of esters is 1. The van der Waals surface area contributed by atoms with Gasteiger partial charge in [0.2, 0.25) is 5.95 Å². The second-order valence-electron chi connectivity index (χ2n) is 5.08. The van der Waals surface area contributed by atoms with E-state index >= 15 is 0 Å². The summed E-state index contributed by atoms with van der Waals surface area (Å²) < 4.78 is 6.53. The normalized spacial score (nSPS) is 22.4. The Kier molecular flexibility index (Phi) is 2.43. The molecule has 2 aromatic rings. The highest BCUT2D eigenvalue weighted by Crippen LogP contribution is 2.31. The van der Waals surface area contributed by atoms with E-state index in [0.717, 1.165) is 0 Å². The van der Waals surface area contributed by atoms with Crippen molar-refractivity contribution in [3.8, 4) is 0 Å². The molecule has 20 heavy (non-hydrogen) atoms. The molecule has 0 aromatic carbocycles. The van der Waals surface area contributed by atoms with Gasteiger partial charge in [-0.25, -0.2) is 9.78 Å². The number of nitrogens with two attached hydrogens (primary N) is 1. The van der Waals surface area contributed by atoms with Crippen LogP contribution in [0.5, 0.6) is 0 Å². The number of ether oxygens (including phenoxy) is 1. The largest absolute Gasteiger partial charge is 0.454 e. The van der Waals surface area contributed by atoms with Crippen LogP contribution in [0, 0.1) is 0 Å². The fourth-order valence-electron chi connectivity index (χ4n) is 2.37. The number of nitrogen functional groups attached to an aromatic ring is 1. The highest BCUT2D eigenvalue weighted by molar-refractivity contribution is 5.90. The SMILES string of the molecule is C=C1C[C@@](C)(Cn2c(N)nc3nc[nH]c3c2=O)OC1=O. The monoisotopic (exact) mass is 275 g/mol. The van der Waals surface area contributed by atoms with Crippen LogP contribution in [0.25, 0.3) is 11.2 Å². The van der Waals surface area contributed by atoms with Gasteiger partial charge in [-0.1, -0.05) is 6.58 Å². The molecule has 1 aliphatic rings. The average molecular weight is 275 g/mol. The summed E-state index contributed by atoms with van der Waals surface area (Å²) in [7, 11) is 0. The Hall–Kier alpha value is -2.64. The van der Waals surface area contributed by atoms with Gasteiger partial charge in [0.25, 0.3) is 5.56 Å². The van der Waals surface area contributed by atoms with E-state index in [-0.39, 0.29) is 29.2 Å². The number of aromatic nitrogens is 4. The molecule has 0 unspecified atom stereocenters. The van der Waals surface area contributed by atoms with Crippen molar-refractivity contribution in [3.63, 3.8) is 0 Å². The number of rotatable bonds is 2. The Balaban J connectivity index is 2.05. The fourth-order valence-corrected chi connectivity index (χ4v) is 2.37. The van der Waals surface area contributed by atoms with E-state index in [4.69, 9.17) is 10.5 Å². The van der Waals surface area contributed by atoms with Crippen LogP contribution in [0.3, 0.4) is 0 Å². The highest BCUT2D eigenvalue weighted by atomic mass is 16.6. The van der Waals surface area contributed by atoms with Crippen molar-refractivity contribution < 1.29 is 9.53 Å². The Morgan fingerprint density at radius 3 is 3.00 bits per heavy atom. The number of carbonyl (C=O) groups excluding carboxylic acids is 1. The smallest absolute Gasteiger partial charge is 0.334 e. The van der Waals surface area contributed by atoms with Crippen molar-refractivity contribution in [1.29, 1.82) is 0 Å². The molecule has 0 saturated carbocycles. The molecule has 3 N–H and O–H groups in total. The molecule has 3 heterocycles. The molecule has 1 aliphatic heterocycles. The number of nitrogens with one attached hydrogen (secondary N) is 1. The summed E-state index contributed by atoms with van der Waals surface area (Å²) in [5.41, 5.74) is 5.51. The van der Waals surface area contributed by atoms with Crippen LogP contribution < -0.4 is 11.3 Å². The van der Waals surface area contributed by atoms with E-state index in [9.17, 15) is 9.59 Å². The quantitative estimate of drug-likeness (QED) is 0.587. The molecule has 0 bridgehead atoms. The molecule has 0 aliphatic carbocycles. The molecule has 3 rings (SSSR count). The summed E-state index contributed by atoms with van der Waals surface area (Å²) in [6.45, 7) is 5.48. The lowest BCUT2D eigenvalue weighted by Gasteiger charge is -2.23. The molecular formula is C12H13N5O3. The third-order valence-corrected chi connectivity index (χ3v) is 3.28. The number of carbonyl (C=O) groups is 1. The average Bonchev–Trinajstić information content (AvgIpc) is 2.91. The first-order valence-electron chi connectivity index (χ1n) is 6.00. The van der Waals surface area contributed by atoms with E-state index < -0.39 is 11.6 Å². The first-order valence-corrected chi connectivity index (χ1v) is 6.00. The lowest BCUT2D eigenvalue weighted by atomic mass is 10.0. The highest BCUT2D eigenvalue weighted by Gasteiger charge is 2.39. The van der Waals surface area contributed by atoms with Crippen molar-refractivity contribution in [2.24, 2.45) is 0 Å². The van der Waals surface area contributed by atoms with Crippen LogP contribution in [0.1, 0.15) is 13.3 Å². The summed E-state index contributed by atoms with van der Waals surface area (Å²) in [6, 6.07) is 0. The van der Waals surface area contributed by atoms with Gasteiger partial charge in [-0.3, -0.25) is 9.36 Å². The third kappa shape index (κ3) is 1.77. The number of fused-ring (bicyclic) bond motifs is 1. The molecule has 1 atom stereocenters. The lowest BCUT2D eigenvalue weighted by molar-refractivity contribution is -0.146. The zero-order chi connectivity index (χ0) is 14.5. The molecule has 8 nitrogen and oxygen atoms in total. The maximum absolute atomic E-state index is 12.3. The minimum atomic E-state index is -0.846. The fraction of sp³-hybridized carbons (Fsp3) is 0.333. The predicted octanol–water partition coefficient (Wildman–Crippen LogP) is -0.0364. The van der Waals surface area contributed by atoms with E-state index in [2.05, 4.69) is 21.5 Å². The number of imidazole rings is 1. The number of cyclic esters (lactones) is 1. The summed E-state index contributed by atoms with van der Waals surface area (Å²) >= 11 is 0. The number of aromatic amines is 1. The van der Waals surface area contributed by atoms with Crippen LogP contribution >= 0.6 is 0 Å². The van der Waals surface area contributed by atoms with Gasteiger partial charge < -0.3 is 15.5 Å². The molecular weight excluding hydrogens is 262 g/mol. The summed E-state index contributed by atoms with van der Waals surface area (Å²) in [4.78, 5) is 34.4. The molecule has 8 heteroatoms. The first-order chi connectivity index (χ1) is 9.39. The number of hydrogen-bond donors (Lipinski definition) is 2. The summed E-state index contributed by atoms with van der Waals surface area (Å²) in [5, 5.41) is 0. The second kappa shape index (κ2) is 3.92. The first kappa shape index (κ1) is 12.4. The van der Waals surface area contributed by atoms with Crippen LogP contribution in [0.2, 0.25) is 0 Å². The van der Waals surface area contributed by atoms with Crippen LogP contribution in [0.15, 0.2) is 23.3 Å². The van der Waals surface area contributed by atoms with Gasteiger partial charge in [0.1, 0.15) is 5.60 Å². The van der Waals surface area contributed by atoms with Crippen LogP contribution in [-0.2, 0) is 16.1 Å². The number of H-pyrrole nitrogens is 1. The number of nitrogens with zero attached hydrogens (tertiary/aromatic N) is 3. The van der Waals surface area contributed by atoms with Crippen LogP contribution in [0.4, 0.5) is 5.95 Å². The molecule has 0 radical (unpaired) electrons. The molecule has 2 aromatic heterocycles. The maximum atomic E-state index is 12.3. The molecule has 1 fully saturated rings. The van der Waals surface area contributed by atoms with Crippen molar-refractivity contribution >= 4 is 23.1 Å². The van der Waals surface area contributed by atoms with Crippen LogP contribution in [-0.4, -0.2) is 31.1 Å². The molecule has 1 saturated heterocycles. The van der Waals surface area contributed by atoms with Gasteiger partial charge >= 0.3 is 5.97 Å². The Bertz CT molecular complexity index is 772. The minimum absolute atomic E-state index is 0.0318. The Morgan fingerprint density at radius 1 is 1.60 bits per heavy atom. The van der Waals surface area contributed by atoms with Gasteiger partial charge in [0.05, 0.1) is 12.9 Å². The Labute approximate surface area is 113 Å². The molecule has 0 amide bonds. The van der Waals surface area contributed by atoms with Gasteiger partial charge in [-0.05, 0) is 6.92 Å². The van der Waals surface area contributed by atoms with Gasteiger partial charge in [-0.2, -0.15) is 4.98 Å².